The second kappa shape index (κ2) is 17.0. The summed E-state index contributed by atoms with van der Waals surface area (Å²) in [5.74, 6) is 1.87. The van der Waals surface area contributed by atoms with Crippen LogP contribution in [0.5, 0.6) is 0 Å². The molecule has 8 aromatic carbocycles. The van der Waals surface area contributed by atoms with Gasteiger partial charge in [-0.05, 0) is 81.0 Å². The Morgan fingerprint density at radius 1 is 0.437 bits per heavy atom. The highest BCUT2D eigenvalue weighted by Crippen LogP contribution is 2.60. The van der Waals surface area contributed by atoms with E-state index in [1.54, 1.807) is 0 Å². The van der Waals surface area contributed by atoms with E-state index in [-0.39, 0.29) is 11.0 Å². The van der Waals surface area contributed by atoms with Gasteiger partial charge >= 0.3 is 0 Å². The Bertz CT molecular complexity index is 3640. The maximum atomic E-state index is 5.66. The minimum atomic E-state index is -3.16. The molecule has 0 saturated heterocycles. The fraction of sp³-hybridized carbons (Fsp3) is 0.125. The monoisotopic (exact) mass is 932 g/mol. The molecule has 4 heterocycles. The van der Waals surface area contributed by atoms with Crippen molar-refractivity contribution >= 4 is 62.3 Å². The number of pyridine rings is 1. The molecule has 0 radical (unpaired) electrons. The average Bonchev–Trinajstić information content (AvgIpc) is 3.88. The fourth-order valence-corrected chi connectivity index (χ4v) is 17.3. The number of benzene rings is 8. The molecule has 1 saturated carbocycles. The Morgan fingerprint density at radius 2 is 0.915 bits per heavy atom. The van der Waals surface area contributed by atoms with Crippen molar-refractivity contribution < 1.29 is 0 Å². The first-order valence-corrected chi connectivity index (χ1v) is 26.9. The van der Waals surface area contributed by atoms with Gasteiger partial charge in [0.1, 0.15) is 0 Å². The highest BCUT2D eigenvalue weighted by atomic mass is 28.3. The van der Waals surface area contributed by atoms with Crippen LogP contribution in [-0.4, -0.2) is 38.1 Å². The summed E-state index contributed by atoms with van der Waals surface area (Å²) in [5.41, 5.74) is 9.75. The van der Waals surface area contributed by atoms with Crippen LogP contribution in [0.1, 0.15) is 45.1 Å². The topological polar surface area (TPSA) is 59.7 Å². The van der Waals surface area contributed by atoms with E-state index >= 15 is 0 Å². The van der Waals surface area contributed by atoms with Gasteiger partial charge in [0.15, 0.2) is 13.9 Å². The molecule has 13 rings (SSSR count). The number of hydrogen-bond donors (Lipinski definition) is 0. The molecule has 7 heteroatoms. The summed E-state index contributed by atoms with van der Waals surface area (Å²) in [6.45, 7) is 4.85. The lowest BCUT2D eigenvalue weighted by Gasteiger charge is -2.49. The number of rotatable bonds is 9. The predicted octanol–water partition coefficient (Wildman–Crippen LogP) is 12.5. The fourth-order valence-electron chi connectivity index (χ4n) is 12.4. The molecule has 1 aliphatic carbocycles. The number of fused-ring (bicyclic) bond motifs is 6. The molecule has 6 nitrogen and oxygen atoms in total. The van der Waals surface area contributed by atoms with Crippen molar-refractivity contribution in [1.29, 1.82) is 0 Å². The lowest BCUT2D eigenvalue weighted by atomic mass is 9.62. The summed E-state index contributed by atoms with van der Waals surface area (Å²) in [5, 5.41) is 7.44. The van der Waals surface area contributed by atoms with Crippen molar-refractivity contribution in [2.75, 3.05) is 4.90 Å². The molecule has 2 unspecified atom stereocenters. The number of nitrogens with zero attached hydrogens (tertiary/aromatic N) is 6. The third-order valence-corrected chi connectivity index (χ3v) is 20.8. The van der Waals surface area contributed by atoms with Gasteiger partial charge in [-0.3, -0.25) is 9.55 Å². The minimum Gasteiger partial charge on any atom is -0.303 e. The Morgan fingerprint density at radius 3 is 1.52 bits per heavy atom. The highest BCUT2D eigenvalue weighted by Gasteiger charge is 2.58. The van der Waals surface area contributed by atoms with E-state index in [2.05, 4.69) is 248 Å². The lowest BCUT2D eigenvalue weighted by molar-refractivity contribution is 0.193. The molecular formula is C64H52N6Si. The predicted molar refractivity (Wildman–Crippen MR) is 295 cm³/mol. The zero-order valence-corrected chi connectivity index (χ0v) is 41.0. The van der Waals surface area contributed by atoms with Crippen molar-refractivity contribution in [1.82, 2.24) is 24.5 Å². The van der Waals surface area contributed by atoms with Gasteiger partial charge in [-0.1, -0.05) is 220 Å². The maximum Gasteiger partial charge on any atom is 0.240 e. The second-order valence-electron chi connectivity index (χ2n) is 19.8. The van der Waals surface area contributed by atoms with Crippen LogP contribution >= 0.6 is 0 Å². The first-order valence-electron chi connectivity index (χ1n) is 24.9. The van der Waals surface area contributed by atoms with Crippen molar-refractivity contribution in [3.05, 3.63) is 236 Å². The van der Waals surface area contributed by atoms with Crippen LogP contribution in [0.25, 0.3) is 61.4 Å². The number of anilines is 2. The Balaban J connectivity index is 1.09. The Kier molecular flexibility index (Phi) is 10.3. The molecule has 342 valence electrons. The summed E-state index contributed by atoms with van der Waals surface area (Å²) in [7, 11) is -3.16. The van der Waals surface area contributed by atoms with Gasteiger partial charge in [0.05, 0.1) is 22.3 Å². The summed E-state index contributed by atoms with van der Waals surface area (Å²) in [4.78, 5) is 24.0. The van der Waals surface area contributed by atoms with E-state index in [9.17, 15) is 0 Å². The third-order valence-electron chi connectivity index (χ3n) is 16.1. The Labute approximate surface area is 416 Å². The van der Waals surface area contributed by atoms with E-state index in [4.69, 9.17) is 19.9 Å². The normalized spacial score (nSPS) is 17.6. The molecule has 0 N–H and O–H groups in total. The Hall–Kier alpha value is -8.26. The minimum absolute atomic E-state index is 0.141. The van der Waals surface area contributed by atoms with Crippen LogP contribution < -0.4 is 25.6 Å². The molecule has 2 atom stereocenters. The first-order chi connectivity index (χ1) is 34.9. The lowest BCUT2D eigenvalue weighted by Crippen LogP contribution is -2.74. The summed E-state index contributed by atoms with van der Waals surface area (Å²) < 4.78 is 2.24. The molecule has 1 aliphatic heterocycles. The summed E-state index contributed by atoms with van der Waals surface area (Å²) >= 11 is 0. The van der Waals surface area contributed by atoms with Crippen molar-refractivity contribution in [2.45, 2.75) is 50.5 Å². The molecule has 0 bridgehead atoms. The van der Waals surface area contributed by atoms with Gasteiger partial charge in [0.2, 0.25) is 11.9 Å². The maximum absolute atomic E-state index is 5.66. The van der Waals surface area contributed by atoms with Gasteiger partial charge in [-0.25, -0.2) is 0 Å². The summed E-state index contributed by atoms with van der Waals surface area (Å²) in [6.07, 6.45) is 8.39. The molecule has 1 fully saturated rings. The van der Waals surface area contributed by atoms with Crippen LogP contribution in [-0.2, 0) is 5.41 Å². The highest BCUT2D eigenvalue weighted by molar-refractivity contribution is 7.20. The molecule has 0 spiro atoms. The van der Waals surface area contributed by atoms with Crippen LogP contribution in [0.2, 0.25) is 0 Å². The smallest absolute Gasteiger partial charge is 0.240 e. The standard InChI is InChI=1S/C64H52N6Si/c1-63-38-16-17-39-64(63,2)70(59-37-40-65-44-56(59)63)62-67-60(66-61(68-62)69-57-35-14-12-33-54(57)55-34-13-15-36-58(55)69)49-27-20-32-53(43-49)71(50-28-10-5-11-29-50,51-30-18-25-47(41-51)45-21-6-3-7-22-45)52-31-19-26-48(42-52)46-23-8-4-9-24-46/h3-15,18-37,40-44H,16-17,38-39H2,1-2H3. The quantitative estimate of drug-likeness (QED) is 0.107. The van der Waals surface area contributed by atoms with Crippen LogP contribution in [0.3, 0.4) is 0 Å². The molecule has 3 aromatic heterocycles. The number of para-hydroxylation sites is 2. The van der Waals surface area contributed by atoms with Crippen LogP contribution in [0.15, 0.2) is 231 Å². The second-order valence-corrected chi connectivity index (χ2v) is 23.6. The van der Waals surface area contributed by atoms with E-state index in [1.165, 1.54) is 55.0 Å². The van der Waals surface area contributed by atoms with E-state index < -0.39 is 8.07 Å². The van der Waals surface area contributed by atoms with E-state index in [0.29, 0.717) is 17.7 Å². The van der Waals surface area contributed by atoms with Crippen molar-refractivity contribution in [3.63, 3.8) is 0 Å². The zero-order chi connectivity index (χ0) is 47.6. The summed E-state index contributed by atoms with van der Waals surface area (Å²) in [6, 6.07) is 79.8. The van der Waals surface area contributed by atoms with Gasteiger partial charge in [0, 0.05) is 39.7 Å². The molecule has 0 amide bonds. The van der Waals surface area contributed by atoms with Crippen LogP contribution in [0.4, 0.5) is 11.6 Å². The molecule has 11 aromatic rings. The molecule has 71 heavy (non-hydrogen) atoms. The number of hydrogen-bond acceptors (Lipinski definition) is 5. The van der Waals surface area contributed by atoms with Crippen molar-refractivity contribution in [2.24, 2.45) is 0 Å². The largest absolute Gasteiger partial charge is 0.303 e. The van der Waals surface area contributed by atoms with Gasteiger partial charge < -0.3 is 4.90 Å². The first kappa shape index (κ1) is 42.8. The average molecular weight is 933 g/mol. The van der Waals surface area contributed by atoms with Gasteiger partial charge in [0.25, 0.3) is 0 Å². The van der Waals surface area contributed by atoms with E-state index in [1.807, 2.05) is 6.20 Å². The SMILES string of the molecule is CC12CCCCC1(C)N(c1nc(-c3cccc([Si](c4ccccc4)(c4cccc(-c5ccccc5)c4)c4cccc(-c5ccccc5)c4)c3)nc(-n3c4ccccc4c4ccccc43)n1)c1ccncc12. The van der Waals surface area contributed by atoms with Crippen molar-refractivity contribution in [3.8, 4) is 39.6 Å². The van der Waals surface area contributed by atoms with Gasteiger partial charge in [-0.15, -0.1) is 0 Å². The zero-order valence-electron chi connectivity index (χ0n) is 40.0. The number of aromatic nitrogens is 5. The van der Waals surface area contributed by atoms with E-state index in [0.717, 1.165) is 52.3 Å². The van der Waals surface area contributed by atoms with Crippen LogP contribution in [0, 0.1) is 0 Å². The molecular weight excluding hydrogens is 881 g/mol. The molecule has 2 aliphatic rings. The third kappa shape index (κ3) is 6.74. The van der Waals surface area contributed by atoms with Gasteiger partial charge in [-0.2, -0.15) is 15.0 Å².